The number of nitrogens with zero attached hydrogens (tertiary/aromatic N) is 4. The summed E-state index contributed by atoms with van der Waals surface area (Å²) >= 11 is 0. The first kappa shape index (κ1) is 13.1. The number of tetrazole rings is 1. The molecule has 92 valence electrons. The van der Waals surface area contributed by atoms with E-state index < -0.39 is 0 Å². The summed E-state index contributed by atoms with van der Waals surface area (Å²) in [5, 5.41) is 15.3. The quantitative estimate of drug-likeness (QED) is 0.711. The van der Waals surface area contributed by atoms with Crippen LogP contribution in [-0.4, -0.2) is 47.0 Å². The Kier molecular flexibility index (Phi) is 5.34. The van der Waals surface area contributed by atoms with Gasteiger partial charge in [0.15, 0.2) is 5.82 Å². The van der Waals surface area contributed by atoms with Gasteiger partial charge in [0.1, 0.15) is 0 Å². The summed E-state index contributed by atoms with van der Waals surface area (Å²) in [6.07, 6.45) is 1.85. The van der Waals surface area contributed by atoms with Crippen molar-refractivity contribution in [2.45, 2.75) is 25.8 Å². The predicted molar refractivity (Wildman–Crippen MR) is 61.0 cm³/mol. The molecule has 16 heavy (non-hydrogen) atoms. The van der Waals surface area contributed by atoms with Crippen LogP contribution in [0.5, 0.6) is 0 Å². The minimum Gasteiger partial charge on any atom is -0.384 e. The fourth-order valence-corrected chi connectivity index (χ4v) is 1.77. The van der Waals surface area contributed by atoms with E-state index in [0.717, 1.165) is 25.3 Å². The lowest BCUT2D eigenvalue weighted by Crippen LogP contribution is -2.31. The van der Waals surface area contributed by atoms with Gasteiger partial charge in [-0.25, -0.2) is 0 Å². The van der Waals surface area contributed by atoms with Crippen molar-refractivity contribution in [3.63, 3.8) is 0 Å². The molecule has 1 heterocycles. The Morgan fingerprint density at radius 3 is 2.75 bits per heavy atom. The van der Waals surface area contributed by atoms with Crippen LogP contribution in [0.15, 0.2) is 0 Å². The van der Waals surface area contributed by atoms with Gasteiger partial charge in [-0.3, -0.25) is 0 Å². The molecule has 1 N–H and O–H groups in total. The summed E-state index contributed by atoms with van der Waals surface area (Å²) < 4.78 is 5.13. The summed E-state index contributed by atoms with van der Waals surface area (Å²) in [7, 11) is 5.47. The molecule has 0 amide bonds. The van der Waals surface area contributed by atoms with E-state index >= 15 is 0 Å². The van der Waals surface area contributed by atoms with Gasteiger partial charge in [0.2, 0.25) is 0 Å². The molecule has 0 radical (unpaired) electrons. The lowest BCUT2D eigenvalue weighted by molar-refractivity contribution is 0.149. The van der Waals surface area contributed by atoms with E-state index in [1.807, 2.05) is 7.05 Å². The van der Waals surface area contributed by atoms with Gasteiger partial charge < -0.3 is 10.1 Å². The van der Waals surface area contributed by atoms with Crippen LogP contribution in [0.2, 0.25) is 0 Å². The Bertz CT molecular complexity index is 301. The van der Waals surface area contributed by atoms with Crippen LogP contribution < -0.4 is 5.32 Å². The number of hydrogen-bond acceptors (Lipinski definition) is 5. The summed E-state index contributed by atoms with van der Waals surface area (Å²) in [5.41, 5.74) is 0. The monoisotopic (exact) mass is 227 g/mol. The Labute approximate surface area is 96.4 Å². The molecule has 2 unspecified atom stereocenters. The Morgan fingerprint density at radius 2 is 2.25 bits per heavy atom. The van der Waals surface area contributed by atoms with E-state index in [1.54, 1.807) is 14.2 Å². The fourth-order valence-electron chi connectivity index (χ4n) is 1.77. The number of ether oxygens (including phenoxy) is 1. The predicted octanol–water partition coefficient (Wildman–Crippen LogP) is 0.0132. The maximum atomic E-state index is 5.13. The van der Waals surface area contributed by atoms with Crippen LogP contribution in [-0.2, 0) is 18.2 Å². The second kappa shape index (κ2) is 6.55. The molecule has 0 bridgehead atoms. The molecule has 1 rings (SSSR count). The van der Waals surface area contributed by atoms with E-state index in [1.165, 1.54) is 4.80 Å². The van der Waals surface area contributed by atoms with Gasteiger partial charge in [-0.15, -0.1) is 10.2 Å². The summed E-state index contributed by atoms with van der Waals surface area (Å²) in [4.78, 5) is 1.49. The van der Waals surface area contributed by atoms with E-state index in [2.05, 4.69) is 27.7 Å². The molecule has 6 heteroatoms. The third-order valence-corrected chi connectivity index (χ3v) is 2.53. The number of hydrogen-bond donors (Lipinski definition) is 1. The summed E-state index contributed by atoms with van der Waals surface area (Å²) in [6, 6.07) is 0.370. The Balaban J connectivity index is 2.42. The molecule has 0 saturated heterocycles. The van der Waals surface area contributed by atoms with Gasteiger partial charge in [0.25, 0.3) is 0 Å². The van der Waals surface area contributed by atoms with Gasteiger partial charge in [-0.2, -0.15) is 4.80 Å². The number of methoxy groups -OCH3 is 1. The highest BCUT2D eigenvalue weighted by atomic mass is 16.5. The fraction of sp³-hybridized carbons (Fsp3) is 0.900. The number of nitrogens with one attached hydrogen (secondary N) is 1. The van der Waals surface area contributed by atoms with Crippen LogP contribution in [0, 0.1) is 5.92 Å². The van der Waals surface area contributed by atoms with Crippen molar-refractivity contribution in [3.05, 3.63) is 5.82 Å². The lowest BCUT2D eigenvalue weighted by atomic mass is 10.00. The molecule has 0 aliphatic heterocycles. The molecule has 1 aromatic rings. The van der Waals surface area contributed by atoms with E-state index in [0.29, 0.717) is 12.0 Å². The highest BCUT2D eigenvalue weighted by Crippen LogP contribution is 2.09. The molecule has 0 fully saturated rings. The Morgan fingerprint density at radius 1 is 1.50 bits per heavy atom. The second-order valence-corrected chi connectivity index (χ2v) is 4.18. The maximum absolute atomic E-state index is 5.13. The number of likely N-dealkylation sites (N-methyl/N-ethyl adjacent to an activating group) is 1. The average Bonchev–Trinajstić information content (AvgIpc) is 2.63. The zero-order chi connectivity index (χ0) is 12.0. The zero-order valence-corrected chi connectivity index (χ0v) is 10.5. The molecular weight excluding hydrogens is 206 g/mol. The van der Waals surface area contributed by atoms with Crippen molar-refractivity contribution in [2.75, 3.05) is 20.8 Å². The van der Waals surface area contributed by atoms with Crippen LogP contribution >= 0.6 is 0 Å². The summed E-state index contributed by atoms with van der Waals surface area (Å²) in [5.74, 6) is 1.31. The lowest BCUT2D eigenvalue weighted by Gasteiger charge is -2.18. The first-order chi connectivity index (χ1) is 7.65. The van der Waals surface area contributed by atoms with Crippen LogP contribution in [0.25, 0.3) is 0 Å². The Hall–Kier alpha value is -1.01. The first-order valence-electron chi connectivity index (χ1n) is 5.54. The van der Waals surface area contributed by atoms with Gasteiger partial charge >= 0.3 is 0 Å². The van der Waals surface area contributed by atoms with Crippen molar-refractivity contribution in [3.8, 4) is 0 Å². The van der Waals surface area contributed by atoms with Crippen LogP contribution in [0.1, 0.15) is 19.2 Å². The molecule has 0 aliphatic rings. The molecule has 0 aliphatic carbocycles. The topological polar surface area (TPSA) is 64.9 Å². The van der Waals surface area contributed by atoms with E-state index in [-0.39, 0.29) is 0 Å². The molecular formula is C10H21N5O. The molecule has 2 atom stereocenters. The minimum absolute atomic E-state index is 0.370. The van der Waals surface area contributed by atoms with Crippen LogP contribution in [0.4, 0.5) is 0 Å². The highest BCUT2D eigenvalue weighted by Gasteiger charge is 2.14. The van der Waals surface area contributed by atoms with Gasteiger partial charge in [-0.1, -0.05) is 6.92 Å². The number of aromatic nitrogens is 4. The van der Waals surface area contributed by atoms with Gasteiger partial charge in [0.05, 0.1) is 7.05 Å². The smallest absolute Gasteiger partial charge is 0.176 e. The molecule has 0 saturated carbocycles. The van der Waals surface area contributed by atoms with Crippen molar-refractivity contribution >= 4 is 0 Å². The van der Waals surface area contributed by atoms with Crippen molar-refractivity contribution in [1.82, 2.24) is 25.5 Å². The first-order valence-corrected chi connectivity index (χ1v) is 5.54. The normalized spacial score (nSPS) is 15.0. The largest absolute Gasteiger partial charge is 0.384 e. The van der Waals surface area contributed by atoms with E-state index in [4.69, 9.17) is 4.74 Å². The van der Waals surface area contributed by atoms with Gasteiger partial charge in [-0.05, 0) is 24.6 Å². The summed E-state index contributed by atoms with van der Waals surface area (Å²) in [6.45, 7) is 2.96. The zero-order valence-electron chi connectivity index (χ0n) is 10.5. The number of aryl methyl sites for hydroxylation is 1. The molecule has 0 spiro atoms. The third kappa shape index (κ3) is 4.24. The van der Waals surface area contributed by atoms with E-state index in [9.17, 15) is 0 Å². The van der Waals surface area contributed by atoms with Crippen molar-refractivity contribution in [2.24, 2.45) is 13.0 Å². The SMILES string of the molecule is CNC(Cc1nnn(C)n1)CC(C)COC. The van der Waals surface area contributed by atoms with Gasteiger partial charge in [0, 0.05) is 26.2 Å². The van der Waals surface area contributed by atoms with Crippen LogP contribution in [0.3, 0.4) is 0 Å². The maximum Gasteiger partial charge on any atom is 0.176 e. The highest BCUT2D eigenvalue weighted by molar-refractivity contribution is 4.84. The molecule has 1 aromatic heterocycles. The second-order valence-electron chi connectivity index (χ2n) is 4.18. The molecule has 0 aromatic carbocycles. The number of rotatable bonds is 7. The van der Waals surface area contributed by atoms with Crippen molar-refractivity contribution in [1.29, 1.82) is 0 Å². The van der Waals surface area contributed by atoms with Crippen molar-refractivity contribution < 1.29 is 4.74 Å². The molecule has 6 nitrogen and oxygen atoms in total. The average molecular weight is 227 g/mol. The third-order valence-electron chi connectivity index (χ3n) is 2.53. The standard InChI is InChI=1S/C10H21N5O/c1-8(7-16-4)5-9(11-2)6-10-12-14-15(3)13-10/h8-9,11H,5-7H2,1-4H3. The minimum atomic E-state index is 0.370.